The van der Waals surface area contributed by atoms with Crippen molar-refractivity contribution in [3.8, 4) is 0 Å². The van der Waals surface area contributed by atoms with E-state index in [0.29, 0.717) is 5.75 Å². The lowest BCUT2D eigenvalue weighted by Crippen LogP contribution is -2.24. The third-order valence-electron chi connectivity index (χ3n) is 3.92. The summed E-state index contributed by atoms with van der Waals surface area (Å²) >= 11 is 2.89. The second-order valence-corrected chi connectivity index (χ2v) is 7.75. The molecule has 0 bridgehead atoms. The molecular formula is C16H17N3OS2. The second-order valence-electron chi connectivity index (χ2n) is 5.69. The number of hydrogen-bond acceptors (Lipinski definition) is 6. The van der Waals surface area contributed by atoms with Crippen LogP contribution in [-0.2, 0) is 10.2 Å². The Hall–Kier alpha value is -1.66. The molecule has 4 nitrogen and oxygen atoms in total. The third kappa shape index (κ3) is 2.68. The van der Waals surface area contributed by atoms with Crippen LogP contribution in [0.2, 0.25) is 0 Å². The fraction of sp³-hybridized carbons (Fsp3) is 0.312. The zero-order valence-corrected chi connectivity index (χ0v) is 14.4. The molecule has 22 heavy (non-hydrogen) atoms. The molecule has 0 aliphatic carbocycles. The molecule has 0 amide bonds. The molecule has 0 N–H and O–H groups in total. The zero-order valence-electron chi connectivity index (χ0n) is 12.7. The molecule has 2 heterocycles. The number of ketones is 1. The van der Waals surface area contributed by atoms with E-state index in [2.05, 4.69) is 41.1 Å². The van der Waals surface area contributed by atoms with E-state index >= 15 is 0 Å². The summed E-state index contributed by atoms with van der Waals surface area (Å²) in [6.45, 7) is 4.32. The largest absolute Gasteiger partial charge is 0.347 e. The van der Waals surface area contributed by atoms with Crippen molar-refractivity contribution in [3.05, 3.63) is 47.1 Å². The van der Waals surface area contributed by atoms with Gasteiger partial charge < -0.3 is 4.90 Å². The quantitative estimate of drug-likeness (QED) is 0.634. The summed E-state index contributed by atoms with van der Waals surface area (Å²) in [5.41, 5.74) is 4.98. The van der Waals surface area contributed by atoms with Crippen molar-refractivity contribution in [2.75, 3.05) is 17.7 Å². The van der Waals surface area contributed by atoms with Gasteiger partial charge in [0.2, 0.25) is 0 Å². The molecule has 1 aliphatic rings. The number of carbonyl (C=O) groups excluding carboxylic acids is 1. The molecule has 0 spiro atoms. The molecular weight excluding hydrogens is 314 g/mol. The minimum atomic E-state index is -0.158. The number of likely N-dealkylation sites (N-methyl/N-ethyl adjacent to an activating group) is 1. The molecule has 114 valence electrons. The summed E-state index contributed by atoms with van der Waals surface area (Å²) in [5.74, 6) is 0.488. The van der Waals surface area contributed by atoms with Gasteiger partial charge in [-0.15, -0.1) is 10.2 Å². The number of nitrogens with zero attached hydrogens (tertiary/aromatic N) is 3. The van der Waals surface area contributed by atoms with Crippen LogP contribution in [0, 0.1) is 0 Å². The fourth-order valence-corrected chi connectivity index (χ4v) is 4.12. The Morgan fingerprint density at radius 2 is 2.18 bits per heavy atom. The van der Waals surface area contributed by atoms with E-state index in [1.165, 1.54) is 34.3 Å². The molecule has 0 radical (unpaired) electrons. The first-order chi connectivity index (χ1) is 10.5. The summed E-state index contributed by atoms with van der Waals surface area (Å²) in [4.78, 5) is 14.4. The summed E-state index contributed by atoms with van der Waals surface area (Å²) in [5, 5.41) is 7.72. The first kappa shape index (κ1) is 15.2. The standard InChI is InChI=1S/C16H17N3OS2/c1-16(2)12-6-4-5-7-13(12)19(3)14(16)8-11(20)9-21-15-18-17-10-22-15/h4-8,10H,9H2,1-3H3/b14-8+. The summed E-state index contributed by atoms with van der Waals surface area (Å²) in [6.07, 6.45) is 1.77. The highest BCUT2D eigenvalue weighted by atomic mass is 32.2. The monoisotopic (exact) mass is 331 g/mol. The second kappa shape index (κ2) is 5.85. The number of benzene rings is 1. The predicted molar refractivity (Wildman–Crippen MR) is 91.6 cm³/mol. The smallest absolute Gasteiger partial charge is 0.174 e. The summed E-state index contributed by atoms with van der Waals surface area (Å²) in [6, 6.07) is 8.30. The van der Waals surface area contributed by atoms with E-state index < -0.39 is 0 Å². The molecule has 3 rings (SSSR count). The minimum absolute atomic E-state index is 0.0999. The van der Waals surface area contributed by atoms with E-state index in [1.54, 1.807) is 11.6 Å². The van der Waals surface area contributed by atoms with Gasteiger partial charge in [0.05, 0.1) is 5.75 Å². The van der Waals surface area contributed by atoms with Gasteiger partial charge >= 0.3 is 0 Å². The molecule has 1 aliphatic heterocycles. The SMILES string of the molecule is CN1/C(=C/C(=O)CSc2nncs2)C(C)(C)c2ccccc21. The lowest BCUT2D eigenvalue weighted by Gasteiger charge is -2.23. The van der Waals surface area contributed by atoms with Crippen molar-refractivity contribution in [2.45, 2.75) is 23.6 Å². The Labute approximate surface area is 138 Å². The maximum absolute atomic E-state index is 12.3. The molecule has 0 atom stereocenters. The Bertz CT molecular complexity index is 723. The lowest BCUT2D eigenvalue weighted by atomic mass is 9.83. The van der Waals surface area contributed by atoms with Gasteiger partial charge in [0.1, 0.15) is 5.51 Å². The molecule has 0 fully saturated rings. The van der Waals surface area contributed by atoms with Gasteiger partial charge in [-0.3, -0.25) is 4.79 Å². The van der Waals surface area contributed by atoms with Gasteiger partial charge in [-0.05, 0) is 11.6 Å². The van der Waals surface area contributed by atoms with Crippen LogP contribution in [-0.4, -0.2) is 28.8 Å². The topological polar surface area (TPSA) is 46.1 Å². The van der Waals surface area contributed by atoms with Crippen molar-refractivity contribution in [3.63, 3.8) is 0 Å². The van der Waals surface area contributed by atoms with Crippen LogP contribution in [0.25, 0.3) is 0 Å². The Balaban J connectivity index is 1.81. The zero-order chi connectivity index (χ0) is 15.7. The number of rotatable bonds is 4. The number of aromatic nitrogens is 2. The molecule has 1 aromatic carbocycles. The van der Waals surface area contributed by atoms with Crippen molar-refractivity contribution in [1.29, 1.82) is 0 Å². The fourth-order valence-electron chi connectivity index (χ4n) is 2.81. The molecule has 6 heteroatoms. The van der Waals surface area contributed by atoms with Gasteiger partial charge in [-0.1, -0.05) is 55.1 Å². The van der Waals surface area contributed by atoms with Crippen molar-refractivity contribution >= 4 is 34.6 Å². The Morgan fingerprint density at radius 3 is 2.86 bits per heavy atom. The van der Waals surface area contributed by atoms with Crippen LogP contribution < -0.4 is 4.90 Å². The van der Waals surface area contributed by atoms with Crippen LogP contribution in [0.15, 0.2) is 45.9 Å². The number of thioether (sulfide) groups is 1. The van der Waals surface area contributed by atoms with Crippen LogP contribution in [0.5, 0.6) is 0 Å². The average molecular weight is 331 g/mol. The number of hydrogen-bond donors (Lipinski definition) is 0. The van der Waals surface area contributed by atoms with E-state index in [1.807, 2.05) is 19.2 Å². The molecule has 2 aromatic rings. The van der Waals surface area contributed by atoms with E-state index in [9.17, 15) is 4.79 Å². The molecule has 1 aromatic heterocycles. The lowest BCUT2D eigenvalue weighted by molar-refractivity contribution is -0.112. The minimum Gasteiger partial charge on any atom is -0.347 e. The highest BCUT2D eigenvalue weighted by molar-refractivity contribution is 8.01. The van der Waals surface area contributed by atoms with Gasteiger partial charge in [0.25, 0.3) is 0 Å². The first-order valence-electron chi connectivity index (χ1n) is 6.97. The first-order valence-corrected chi connectivity index (χ1v) is 8.84. The van der Waals surface area contributed by atoms with Crippen LogP contribution in [0.1, 0.15) is 19.4 Å². The number of anilines is 1. The Kier molecular flexibility index (Phi) is 4.06. The predicted octanol–water partition coefficient (Wildman–Crippen LogP) is 3.51. The number of carbonyl (C=O) groups is 1. The van der Waals surface area contributed by atoms with Gasteiger partial charge in [-0.25, -0.2) is 0 Å². The highest BCUT2D eigenvalue weighted by Gasteiger charge is 2.38. The van der Waals surface area contributed by atoms with Crippen molar-refractivity contribution in [1.82, 2.24) is 10.2 Å². The Morgan fingerprint density at radius 1 is 1.41 bits per heavy atom. The highest BCUT2D eigenvalue weighted by Crippen LogP contribution is 2.46. The van der Waals surface area contributed by atoms with E-state index in [0.717, 1.165) is 10.0 Å². The van der Waals surface area contributed by atoms with Gasteiger partial charge in [-0.2, -0.15) is 0 Å². The normalized spacial score (nSPS) is 17.8. The van der Waals surface area contributed by atoms with Crippen LogP contribution >= 0.6 is 23.1 Å². The van der Waals surface area contributed by atoms with E-state index in [-0.39, 0.29) is 11.2 Å². The maximum Gasteiger partial charge on any atom is 0.174 e. The molecule has 0 saturated heterocycles. The van der Waals surface area contributed by atoms with Crippen molar-refractivity contribution in [2.24, 2.45) is 0 Å². The summed E-state index contributed by atoms with van der Waals surface area (Å²) < 4.78 is 0.828. The molecule has 0 saturated carbocycles. The number of para-hydroxylation sites is 1. The van der Waals surface area contributed by atoms with Crippen LogP contribution in [0.3, 0.4) is 0 Å². The van der Waals surface area contributed by atoms with E-state index in [4.69, 9.17) is 0 Å². The van der Waals surface area contributed by atoms with Gasteiger partial charge in [0, 0.05) is 29.9 Å². The average Bonchev–Trinajstić information content (AvgIpc) is 3.08. The maximum atomic E-state index is 12.3. The van der Waals surface area contributed by atoms with Crippen molar-refractivity contribution < 1.29 is 4.79 Å². The van der Waals surface area contributed by atoms with Crippen LogP contribution in [0.4, 0.5) is 5.69 Å². The summed E-state index contributed by atoms with van der Waals surface area (Å²) in [7, 11) is 2.02. The third-order valence-corrected chi connectivity index (χ3v) is 5.80. The molecule has 0 unspecified atom stereocenters. The number of fused-ring (bicyclic) bond motifs is 1. The van der Waals surface area contributed by atoms with Gasteiger partial charge in [0.15, 0.2) is 10.1 Å². The number of allylic oxidation sites excluding steroid dienone is 2.